The lowest BCUT2D eigenvalue weighted by Gasteiger charge is -2.15. The highest BCUT2D eigenvalue weighted by atomic mass is 79.9. The van der Waals surface area contributed by atoms with E-state index in [0.29, 0.717) is 6.04 Å². The van der Waals surface area contributed by atoms with E-state index in [-0.39, 0.29) is 0 Å². The van der Waals surface area contributed by atoms with Crippen molar-refractivity contribution in [3.8, 4) is 0 Å². The largest absolute Gasteiger partial charge is 0.310 e. The summed E-state index contributed by atoms with van der Waals surface area (Å²) in [6.45, 7) is 5.27. The minimum atomic E-state index is 0.593. The van der Waals surface area contributed by atoms with Crippen molar-refractivity contribution < 1.29 is 0 Å². The first kappa shape index (κ1) is 13.0. The number of nitrogens with one attached hydrogen (secondary N) is 1. The van der Waals surface area contributed by atoms with Crippen LogP contribution in [0.4, 0.5) is 0 Å². The maximum absolute atomic E-state index is 5.95. The summed E-state index contributed by atoms with van der Waals surface area (Å²) in [5.41, 5.74) is 1.22. The van der Waals surface area contributed by atoms with Crippen molar-refractivity contribution >= 4 is 27.5 Å². The molecule has 0 aromatic heterocycles. The van der Waals surface area contributed by atoms with Gasteiger partial charge in [0.15, 0.2) is 0 Å². The van der Waals surface area contributed by atoms with E-state index in [1.165, 1.54) is 5.56 Å². The summed E-state index contributed by atoms with van der Waals surface area (Å²) in [7, 11) is 0. The Kier molecular flexibility index (Phi) is 5.65. The molecule has 0 amide bonds. The van der Waals surface area contributed by atoms with Gasteiger partial charge >= 0.3 is 0 Å². The Hall–Kier alpha value is -0.0500. The minimum Gasteiger partial charge on any atom is -0.310 e. The lowest BCUT2D eigenvalue weighted by atomic mass is 10.1. The first-order chi connectivity index (χ1) is 7.17. The molecule has 15 heavy (non-hydrogen) atoms. The van der Waals surface area contributed by atoms with Gasteiger partial charge in [-0.15, -0.1) is 0 Å². The van der Waals surface area contributed by atoms with Crippen LogP contribution in [0.1, 0.15) is 32.3 Å². The fourth-order valence-corrected chi connectivity index (χ4v) is 2.09. The lowest BCUT2D eigenvalue weighted by Crippen LogP contribution is -2.27. The third-order valence-electron chi connectivity index (χ3n) is 2.57. The molecule has 0 fully saturated rings. The zero-order valence-corrected chi connectivity index (χ0v) is 11.5. The van der Waals surface area contributed by atoms with Crippen LogP contribution in [0.15, 0.2) is 22.7 Å². The molecule has 0 spiro atoms. The monoisotopic (exact) mass is 289 g/mol. The second kappa shape index (κ2) is 6.51. The highest BCUT2D eigenvalue weighted by Gasteiger charge is 2.05. The van der Waals surface area contributed by atoms with Crippen LogP contribution in [-0.2, 0) is 6.54 Å². The Morgan fingerprint density at radius 3 is 2.60 bits per heavy atom. The summed E-state index contributed by atoms with van der Waals surface area (Å²) < 4.78 is 1.12. The van der Waals surface area contributed by atoms with Gasteiger partial charge in [-0.2, -0.15) is 0 Å². The van der Waals surface area contributed by atoms with E-state index in [9.17, 15) is 0 Å². The van der Waals surface area contributed by atoms with Gasteiger partial charge in [0.05, 0.1) is 0 Å². The van der Waals surface area contributed by atoms with Crippen molar-refractivity contribution in [2.45, 2.75) is 39.3 Å². The predicted molar refractivity (Wildman–Crippen MR) is 70.4 cm³/mol. The zero-order chi connectivity index (χ0) is 11.3. The van der Waals surface area contributed by atoms with Crippen LogP contribution in [0.2, 0.25) is 5.02 Å². The normalized spacial score (nSPS) is 11.0. The van der Waals surface area contributed by atoms with Gasteiger partial charge in [-0.1, -0.05) is 41.4 Å². The molecule has 3 heteroatoms. The van der Waals surface area contributed by atoms with Crippen molar-refractivity contribution in [1.29, 1.82) is 0 Å². The highest BCUT2D eigenvalue weighted by molar-refractivity contribution is 9.10. The standard InChI is InChI=1S/C12H17BrClN/c1-3-11(4-2)15-8-9-7-10(14)5-6-12(9)13/h5-7,11,15H,3-4,8H2,1-2H3. The maximum Gasteiger partial charge on any atom is 0.0410 e. The van der Waals surface area contributed by atoms with Gasteiger partial charge in [0.2, 0.25) is 0 Å². The summed E-state index contributed by atoms with van der Waals surface area (Å²) in [4.78, 5) is 0. The summed E-state index contributed by atoms with van der Waals surface area (Å²) in [6, 6.07) is 6.48. The maximum atomic E-state index is 5.95. The third kappa shape index (κ3) is 4.13. The molecular formula is C12H17BrClN. The number of halogens is 2. The first-order valence-corrected chi connectivity index (χ1v) is 6.51. The first-order valence-electron chi connectivity index (χ1n) is 5.34. The summed E-state index contributed by atoms with van der Waals surface area (Å²) >= 11 is 9.48. The molecule has 0 aliphatic carbocycles. The summed E-state index contributed by atoms with van der Waals surface area (Å²) in [6.07, 6.45) is 2.32. The molecular weight excluding hydrogens is 273 g/mol. The molecule has 0 aliphatic heterocycles. The lowest BCUT2D eigenvalue weighted by molar-refractivity contribution is 0.483. The number of hydrogen-bond donors (Lipinski definition) is 1. The molecule has 1 N–H and O–H groups in total. The molecule has 0 atom stereocenters. The zero-order valence-electron chi connectivity index (χ0n) is 9.19. The number of hydrogen-bond acceptors (Lipinski definition) is 1. The molecule has 0 saturated heterocycles. The fraction of sp³-hybridized carbons (Fsp3) is 0.500. The Morgan fingerprint density at radius 1 is 1.33 bits per heavy atom. The predicted octanol–water partition coefficient (Wildman–Crippen LogP) is 4.38. The van der Waals surface area contributed by atoms with Gasteiger partial charge in [-0.25, -0.2) is 0 Å². The van der Waals surface area contributed by atoms with E-state index in [1.54, 1.807) is 0 Å². The molecule has 0 unspecified atom stereocenters. The molecule has 0 saturated carbocycles. The van der Waals surface area contributed by atoms with Crippen LogP contribution in [0.25, 0.3) is 0 Å². The molecule has 0 bridgehead atoms. The van der Waals surface area contributed by atoms with Crippen LogP contribution >= 0.6 is 27.5 Å². The molecule has 1 aromatic rings. The van der Waals surface area contributed by atoms with Gasteiger partial charge in [0, 0.05) is 22.1 Å². The van der Waals surface area contributed by atoms with Gasteiger partial charge in [-0.3, -0.25) is 0 Å². The average molecular weight is 291 g/mol. The van der Waals surface area contributed by atoms with Crippen molar-refractivity contribution in [2.75, 3.05) is 0 Å². The van der Waals surface area contributed by atoms with E-state index in [2.05, 4.69) is 35.1 Å². The Bertz CT molecular complexity index is 310. The topological polar surface area (TPSA) is 12.0 Å². The van der Waals surface area contributed by atoms with Crippen LogP contribution in [0.3, 0.4) is 0 Å². The fourth-order valence-electron chi connectivity index (χ4n) is 1.51. The molecule has 0 aliphatic rings. The van der Waals surface area contributed by atoms with E-state index in [1.807, 2.05) is 18.2 Å². The molecule has 1 nitrogen and oxygen atoms in total. The van der Waals surface area contributed by atoms with Crippen molar-refractivity contribution in [1.82, 2.24) is 5.32 Å². The third-order valence-corrected chi connectivity index (χ3v) is 3.58. The summed E-state index contributed by atoms with van der Waals surface area (Å²) in [5, 5.41) is 4.31. The van der Waals surface area contributed by atoms with Crippen molar-refractivity contribution in [3.63, 3.8) is 0 Å². The Labute approximate surface area is 105 Å². The number of benzene rings is 1. The van der Waals surface area contributed by atoms with Crippen molar-refractivity contribution in [2.24, 2.45) is 0 Å². The van der Waals surface area contributed by atoms with Crippen LogP contribution in [0.5, 0.6) is 0 Å². The molecule has 84 valence electrons. The molecule has 0 heterocycles. The molecule has 1 aromatic carbocycles. The Morgan fingerprint density at radius 2 is 2.00 bits per heavy atom. The van der Waals surface area contributed by atoms with E-state index in [0.717, 1.165) is 28.9 Å². The quantitative estimate of drug-likeness (QED) is 0.848. The number of rotatable bonds is 5. The second-order valence-corrected chi connectivity index (χ2v) is 4.92. The van der Waals surface area contributed by atoms with Crippen LogP contribution < -0.4 is 5.32 Å². The minimum absolute atomic E-state index is 0.593. The van der Waals surface area contributed by atoms with Crippen molar-refractivity contribution in [3.05, 3.63) is 33.3 Å². The average Bonchev–Trinajstić information content (AvgIpc) is 2.24. The smallest absolute Gasteiger partial charge is 0.0410 e. The second-order valence-electron chi connectivity index (χ2n) is 3.63. The SMILES string of the molecule is CCC(CC)NCc1cc(Cl)ccc1Br. The van der Waals surface area contributed by atoms with Gasteiger partial charge in [-0.05, 0) is 36.6 Å². The van der Waals surface area contributed by atoms with E-state index in [4.69, 9.17) is 11.6 Å². The van der Waals surface area contributed by atoms with Crippen LogP contribution in [0, 0.1) is 0 Å². The van der Waals surface area contributed by atoms with Crippen LogP contribution in [-0.4, -0.2) is 6.04 Å². The molecule has 1 rings (SSSR count). The highest BCUT2D eigenvalue weighted by Crippen LogP contribution is 2.21. The Balaban J connectivity index is 2.60. The van der Waals surface area contributed by atoms with Gasteiger partial charge in [0.25, 0.3) is 0 Å². The van der Waals surface area contributed by atoms with E-state index >= 15 is 0 Å². The van der Waals surface area contributed by atoms with Gasteiger partial charge in [0.1, 0.15) is 0 Å². The van der Waals surface area contributed by atoms with Gasteiger partial charge < -0.3 is 5.32 Å². The molecule has 0 radical (unpaired) electrons. The summed E-state index contributed by atoms with van der Waals surface area (Å²) in [5.74, 6) is 0. The van der Waals surface area contributed by atoms with E-state index < -0.39 is 0 Å².